The van der Waals surface area contributed by atoms with Crippen LogP contribution in [0.15, 0.2) is 48.8 Å². The van der Waals surface area contributed by atoms with Crippen LogP contribution < -0.4 is 9.47 Å². The number of pyridine rings is 1. The Labute approximate surface area is 141 Å². The number of nitrogens with one attached hydrogen (secondary N) is 1. The van der Waals surface area contributed by atoms with Crippen LogP contribution in [0, 0.1) is 0 Å². The molecule has 2 aromatic heterocycles. The highest BCUT2D eigenvalue weighted by Gasteiger charge is 2.31. The van der Waals surface area contributed by atoms with Crippen molar-refractivity contribution in [3.05, 3.63) is 60.0 Å². The number of aromatic nitrogens is 3. The lowest BCUT2D eigenvalue weighted by Gasteiger charge is -2.12. The second-order valence-electron chi connectivity index (χ2n) is 5.21. The van der Waals surface area contributed by atoms with E-state index in [4.69, 9.17) is 4.74 Å². The van der Waals surface area contributed by atoms with Gasteiger partial charge in [-0.1, -0.05) is 12.1 Å². The van der Waals surface area contributed by atoms with Gasteiger partial charge in [-0.25, -0.2) is 4.98 Å². The number of hydrogen-bond acceptors (Lipinski definition) is 4. The van der Waals surface area contributed by atoms with Gasteiger partial charge in [0.15, 0.2) is 0 Å². The van der Waals surface area contributed by atoms with Crippen LogP contribution in [0.1, 0.15) is 11.3 Å². The number of hydrogen-bond donors (Lipinski definition) is 1. The first-order valence-corrected chi connectivity index (χ1v) is 7.32. The van der Waals surface area contributed by atoms with Gasteiger partial charge in [-0.3, -0.25) is 5.10 Å². The van der Waals surface area contributed by atoms with Gasteiger partial charge >= 0.3 is 6.36 Å². The molecule has 2 heterocycles. The first kappa shape index (κ1) is 16.8. The van der Waals surface area contributed by atoms with Crippen LogP contribution in [0.5, 0.6) is 11.5 Å². The zero-order chi connectivity index (χ0) is 17.9. The average Bonchev–Trinajstić information content (AvgIpc) is 3.06. The summed E-state index contributed by atoms with van der Waals surface area (Å²) >= 11 is 0. The molecule has 0 bridgehead atoms. The van der Waals surface area contributed by atoms with E-state index in [0.717, 1.165) is 11.3 Å². The highest BCUT2D eigenvalue weighted by Crippen LogP contribution is 2.32. The minimum atomic E-state index is -4.75. The lowest BCUT2D eigenvalue weighted by atomic mass is 10.1. The van der Waals surface area contributed by atoms with Crippen molar-refractivity contribution in [2.24, 2.45) is 0 Å². The molecule has 0 amide bonds. The minimum absolute atomic E-state index is 0.311. The fraction of sp³-hybridized carbons (Fsp3) is 0.176. The highest BCUT2D eigenvalue weighted by atomic mass is 19.4. The second-order valence-corrected chi connectivity index (χ2v) is 5.21. The van der Waals surface area contributed by atoms with Crippen LogP contribution in [-0.4, -0.2) is 28.7 Å². The predicted molar refractivity (Wildman–Crippen MR) is 84.3 cm³/mol. The molecule has 1 aromatic carbocycles. The zero-order valence-corrected chi connectivity index (χ0v) is 13.2. The maximum atomic E-state index is 12.4. The lowest BCUT2D eigenvalue weighted by molar-refractivity contribution is -0.274. The van der Waals surface area contributed by atoms with E-state index in [1.807, 2.05) is 0 Å². The molecule has 3 rings (SSSR count). The Morgan fingerprint density at radius 1 is 1.16 bits per heavy atom. The van der Waals surface area contributed by atoms with Crippen LogP contribution in [0.4, 0.5) is 13.2 Å². The van der Waals surface area contributed by atoms with Gasteiger partial charge in [0, 0.05) is 23.9 Å². The Morgan fingerprint density at radius 3 is 2.68 bits per heavy atom. The van der Waals surface area contributed by atoms with Crippen molar-refractivity contribution in [1.29, 1.82) is 0 Å². The number of halogens is 3. The van der Waals surface area contributed by atoms with Gasteiger partial charge in [0.25, 0.3) is 0 Å². The number of H-pyrrole nitrogens is 1. The maximum Gasteiger partial charge on any atom is 0.573 e. The number of benzene rings is 1. The predicted octanol–water partition coefficient (Wildman–Crippen LogP) is 3.97. The zero-order valence-electron chi connectivity index (χ0n) is 13.2. The quantitative estimate of drug-likeness (QED) is 0.757. The van der Waals surface area contributed by atoms with Gasteiger partial charge in [0.05, 0.1) is 13.3 Å². The van der Waals surface area contributed by atoms with Crippen LogP contribution >= 0.6 is 0 Å². The van der Waals surface area contributed by atoms with Gasteiger partial charge in [-0.2, -0.15) is 5.10 Å². The first-order valence-electron chi connectivity index (χ1n) is 7.32. The molecule has 5 nitrogen and oxygen atoms in total. The summed E-state index contributed by atoms with van der Waals surface area (Å²) in [6, 6.07) is 9.16. The Kier molecular flexibility index (Phi) is 4.60. The van der Waals surface area contributed by atoms with Gasteiger partial charge in [-0.15, -0.1) is 13.2 Å². The van der Waals surface area contributed by atoms with Crippen LogP contribution in [0.25, 0.3) is 11.3 Å². The van der Waals surface area contributed by atoms with E-state index < -0.39 is 6.36 Å². The third-order valence-corrected chi connectivity index (χ3v) is 3.42. The number of aromatic amines is 1. The number of ether oxygens (including phenoxy) is 2. The maximum absolute atomic E-state index is 12.4. The van der Waals surface area contributed by atoms with E-state index in [-0.39, 0.29) is 5.75 Å². The standard InChI is InChI=1S/C17H14F3N3O2/c1-24-15-6-5-13(7-11-9-21-22-10-11)23-16(15)12-3-2-4-14(8-12)25-17(18,19)20/h2-6,8-10H,7H2,1H3,(H,21,22). The normalized spacial score (nSPS) is 11.4. The summed E-state index contributed by atoms with van der Waals surface area (Å²) in [5.74, 6) is 0.147. The molecule has 130 valence electrons. The number of rotatable bonds is 5. The third kappa shape index (κ3) is 4.28. The van der Waals surface area contributed by atoms with E-state index in [0.29, 0.717) is 23.4 Å². The molecule has 0 aliphatic carbocycles. The Balaban J connectivity index is 1.96. The number of alkyl halides is 3. The molecule has 0 fully saturated rings. The molecule has 0 unspecified atom stereocenters. The van der Waals surface area contributed by atoms with Crippen molar-refractivity contribution in [2.45, 2.75) is 12.8 Å². The average molecular weight is 349 g/mol. The summed E-state index contributed by atoms with van der Waals surface area (Å²) in [6.45, 7) is 0. The highest BCUT2D eigenvalue weighted by molar-refractivity contribution is 5.68. The number of nitrogens with zero attached hydrogens (tertiary/aromatic N) is 2. The smallest absolute Gasteiger partial charge is 0.494 e. The number of methoxy groups -OCH3 is 1. The van der Waals surface area contributed by atoms with Gasteiger partial charge in [0.2, 0.25) is 0 Å². The monoisotopic (exact) mass is 349 g/mol. The van der Waals surface area contributed by atoms with Crippen LogP contribution in [-0.2, 0) is 6.42 Å². The topological polar surface area (TPSA) is 60.0 Å². The summed E-state index contributed by atoms with van der Waals surface area (Å²) in [5.41, 5.74) is 2.58. The largest absolute Gasteiger partial charge is 0.573 e. The molecule has 3 aromatic rings. The molecule has 0 saturated heterocycles. The summed E-state index contributed by atoms with van der Waals surface area (Å²) in [5, 5.41) is 6.60. The lowest BCUT2D eigenvalue weighted by Crippen LogP contribution is -2.17. The van der Waals surface area contributed by atoms with E-state index in [1.54, 1.807) is 30.6 Å². The molecular formula is C17H14F3N3O2. The van der Waals surface area contributed by atoms with Crippen molar-refractivity contribution in [3.63, 3.8) is 0 Å². The molecule has 0 atom stereocenters. The van der Waals surface area contributed by atoms with Crippen LogP contribution in [0.2, 0.25) is 0 Å². The third-order valence-electron chi connectivity index (χ3n) is 3.42. The Bertz CT molecular complexity index is 849. The molecular weight excluding hydrogens is 335 g/mol. The molecule has 0 aliphatic heterocycles. The summed E-state index contributed by atoms with van der Waals surface area (Å²) in [6.07, 6.45) is -0.780. The summed E-state index contributed by atoms with van der Waals surface area (Å²) < 4.78 is 46.5. The van der Waals surface area contributed by atoms with E-state index >= 15 is 0 Å². The van der Waals surface area contributed by atoms with Crippen LogP contribution in [0.3, 0.4) is 0 Å². The molecule has 0 saturated carbocycles. The van der Waals surface area contributed by atoms with E-state index in [1.165, 1.54) is 25.3 Å². The van der Waals surface area contributed by atoms with E-state index in [2.05, 4.69) is 19.9 Å². The molecule has 8 heteroatoms. The SMILES string of the molecule is COc1ccc(Cc2cn[nH]c2)nc1-c1cccc(OC(F)(F)F)c1. The van der Waals surface area contributed by atoms with E-state index in [9.17, 15) is 13.2 Å². The Hall–Kier alpha value is -3.03. The van der Waals surface area contributed by atoms with Crippen molar-refractivity contribution in [2.75, 3.05) is 7.11 Å². The van der Waals surface area contributed by atoms with Crippen molar-refractivity contribution < 1.29 is 22.6 Å². The Morgan fingerprint density at radius 2 is 2.00 bits per heavy atom. The second kappa shape index (κ2) is 6.84. The summed E-state index contributed by atoms with van der Waals surface area (Å²) in [7, 11) is 1.48. The van der Waals surface area contributed by atoms with Crippen molar-refractivity contribution in [3.8, 4) is 22.8 Å². The fourth-order valence-electron chi connectivity index (χ4n) is 2.38. The fourth-order valence-corrected chi connectivity index (χ4v) is 2.38. The molecule has 0 spiro atoms. The first-order chi connectivity index (χ1) is 11.9. The van der Waals surface area contributed by atoms with Crippen molar-refractivity contribution >= 4 is 0 Å². The molecule has 0 radical (unpaired) electrons. The molecule has 25 heavy (non-hydrogen) atoms. The van der Waals surface area contributed by atoms with Crippen molar-refractivity contribution in [1.82, 2.24) is 15.2 Å². The summed E-state index contributed by atoms with van der Waals surface area (Å²) in [4.78, 5) is 4.52. The minimum Gasteiger partial charge on any atom is -0.494 e. The molecule has 0 aliphatic rings. The van der Waals surface area contributed by atoms with Gasteiger partial charge in [-0.05, 0) is 29.8 Å². The van der Waals surface area contributed by atoms with Gasteiger partial charge in [0.1, 0.15) is 17.2 Å². The van der Waals surface area contributed by atoms with Gasteiger partial charge < -0.3 is 9.47 Å². The molecule has 1 N–H and O–H groups in total.